The predicted octanol–water partition coefficient (Wildman–Crippen LogP) is 2.88. The molecule has 2 aliphatic rings. The molecule has 0 aliphatic carbocycles. The maximum atomic E-state index is 13.1. The lowest BCUT2D eigenvalue weighted by Gasteiger charge is -2.34. The van der Waals surface area contributed by atoms with Gasteiger partial charge in [0.2, 0.25) is 6.79 Å². The Morgan fingerprint density at radius 2 is 1.72 bits per heavy atom. The summed E-state index contributed by atoms with van der Waals surface area (Å²) in [6.07, 6.45) is 0. The fourth-order valence-corrected chi connectivity index (χ4v) is 4.19. The maximum absolute atomic E-state index is 13.1. The van der Waals surface area contributed by atoms with Crippen molar-refractivity contribution < 1.29 is 14.3 Å². The molecule has 0 radical (unpaired) electrons. The number of rotatable bonds is 4. The van der Waals surface area contributed by atoms with E-state index in [0.717, 1.165) is 42.5 Å². The number of fused-ring (bicyclic) bond motifs is 1. The fraction of sp³-hybridized carbons (Fsp3) is 0.375. The van der Waals surface area contributed by atoms with Gasteiger partial charge in [0.25, 0.3) is 5.91 Å². The van der Waals surface area contributed by atoms with Gasteiger partial charge in [0.1, 0.15) is 0 Å². The first-order chi connectivity index (χ1) is 15.5. The van der Waals surface area contributed by atoms with Crippen LogP contribution in [0.3, 0.4) is 0 Å². The van der Waals surface area contributed by atoms with Crippen molar-refractivity contribution in [1.29, 1.82) is 0 Å². The Balaban J connectivity index is 1.23. The van der Waals surface area contributed by atoms with E-state index in [1.54, 1.807) is 4.68 Å². The van der Waals surface area contributed by atoms with E-state index in [1.165, 1.54) is 16.7 Å². The summed E-state index contributed by atoms with van der Waals surface area (Å²) in [5.74, 6) is 1.55. The number of hydrogen-bond acceptors (Lipinski definition) is 6. The van der Waals surface area contributed by atoms with Crippen LogP contribution < -0.4 is 9.47 Å². The number of carbonyl (C=O) groups is 1. The number of amides is 1. The molecule has 2 aliphatic heterocycles. The summed E-state index contributed by atoms with van der Waals surface area (Å²) < 4.78 is 12.6. The van der Waals surface area contributed by atoms with Crippen LogP contribution in [-0.2, 0) is 6.54 Å². The summed E-state index contributed by atoms with van der Waals surface area (Å²) in [7, 11) is 0. The molecule has 0 spiro atoms. The standard InChI is InChI=1S/C24H27N5O3/c1-16-4-6-20(12-17(16)2)29-18(3)23(25-26-29)24(30)28-10-8-27(9-11-28)14-19-5-7-21-22(13-19)32-15-31-21/h4-7,12-13H,8-11,14-15H2,1-3H3. The van der Waals surface area contributed by atoms with E-state index in [-0.39, 0.29) is 12.7 Å². The van der Waals surface area contributed by atoms with Gasteiger partial charge in [-0.3, -0.25) is 9.69 Å². The second-order valence-corrected chi connectivity index (χ2v) is 8.46. The van der Waals surface area contributed by atoms with Gasteiger partial charge in [-0.25, -0.2) is 4.68 Å². The Morgan fingerprint density at radius 3 is 2.50 bits per heavy atom. The zero-order valence-corrected chi connectivity index (χ0v) is 18.7. The number of nitrogens with zero attached hydrogens (tertiary/aromatic N) is 5. The Hall–Kier alpha value is -3.39. The van der Waals surface area contributed by atoms with Crippen molar-refractivity contribution in [3.63, 3.8) is 0 Å². The number of aromatic nitrogens is 3. The third-order valence-corrected chi connectivity index (χ3v) is 6.33. The smallest absolute Gasteiger partial charge is 0.276 e. The first kappa shape index (κ1) is 20.5. The van der Waals surface area contributed by atoms with E-state index < -0.39 is 0 Å². The lowest BCUT2D eigenvalue weighted by molar-refractivity contribution is 0.0622. The monoisotopic (exact) mass is 433 g/mol. The Bertz CT molecular complexity index is 1160. The Labute approximate surface area is 187 Å². The third-order valence-electron chi connectivity index (χ3n) is 6.33. The minimum Gasteiger partial charge on any atom is -0.454 e. The molecule has 8 heteroatoms. The van der Waals surface area contributed by atoms with Crippen LogP contribution in [0.1, 0.15) is 32.9 Å². The quantitative estimate of drug-likeness (QED) is 0.630. The average molecular weight is 434 g/mol. The molecule has 1 fully saturated rings. The lowest BCUT2D eigenvalue weighted by atomic mass is 10.1. The Morgan fingerprint density at radius 1 is 0.938 bits per heavy atom. The van der Waals surface area contributed by atoms with Crippen molar-refractivity contribution in [3.05, 3.63) is 64.5 Å². The van der Waals surface area contributed by atoms with E-state index in [0.29, 0.717) is 18.8 Å². The van der Waals surface area contributed by atoms with Crippen LogP contribution in [0.25, 0.3) is 5.69 Å². The highest BCUT2D eigenvalue weighted by molar-refractivity contribution is 5.93. The van der Waals surface area contributed by atoms with E-state index in [1.807, 2.05) is 30.0 Å². The van der Waals surface area contributed by atoms with Gasteiger partial charge in [0, 0.05) is 32.7 Å². The summed E-state index contributed by atoms with van der Waals surface area (Å²) in [6, 6.07) is 12.2. The van der Waals surface area contributed by atoms with E-state index in [9.17, 15) is 4.79 Å². The average Bonchev–Trinajstić information content (AvgIpc) is 3.42. The summed E-state index contributed by atoms with van der Waals surface area (Å²) >= 11 is 0. The van der Waals surface area contributed by atoms with Crippen LogP contribution in [0.5, 0.6) is 11.5 Å². The highest BCUT2D eigenvalue weighted by Gasteiger charge is 2.27. The van der Waals surface area contributed by atoms with Crippen molar-refractivity contribution in [2.75, 3.05) is 33.0 Å². The Kier molecular flexibility index (Phi) is 5.30. The molecule has 1 saturated heterocycles. The van der Waals surface area contributed by atoms with Gasteiger partial charge >= 0.3 is 0 Å². The normalized spacial score (nSPS) is 15.9. The van der Waals surface area contributed by atoms with Crippen molar-refractivity contribution in [2.24, 2.45) is 0 Å². The molecule has 8 nitrogen and oxygen atoms in total. The van der Waals surface area contributed by atoms with Gasteiger partial charge in [-0.2, -0.15) is 0 Å². The van der Waals surface area contributed by atoms with Crippen LogP contribution in [0.2, 0.25) is 0 Å². The van der Waals surface area contributed by atoms with Crippen LogP contribution in [-0.4, -0.2) is 63.7 Å². The molecule has 0 bridgehead atoms. The van der Waals surface area contributed by atoms with Crippen molar-refractivity contribution in [3.8, 4) is 17.2 Å². The van der Waals surface area contributed by atoms with Crippen molar-refractivity contribution >= 4 is 5.91 Å². The van der Waals surface area contributed by atoms with Gasteiger partial charge in [-0.05, 0) is 61.7 Å². The number of piperazine rings is 1. The second-order valence-electron chi connectivity index (χ2n) is 8.46. The summed E-state index contributed by atoms with van der Waals surface area (Å²) in [6.45, 7) is 10.1. The molecule has 0 saturated carbocycles. The van der Waals surface area contributed by atoms with Gasteiger partial charge < -0.3 is 14.4 Å². The largest absolute Gasteiger partial charge is 0.454 e. The molecular formula is C24H27N5O3. The number of carbonyl (C=O) groups excluding carboxylic acids is 1. The van der Waals surface area contributed by atoms with E-state index >= 15 is 0 Å². The van der Waals surface area contributed by atoms with Gasteiger partial charge in [-0.15, -0.1) is 5.10 Å². The van der Waals surface area contributed by atoms with Crippen LogP contribution in [0.15, 0.2) is 36.4 Å². The minimum atomic E-state index is -0.0553. The van der Waals surface area contributed by atoms with Crippen molar-refractivity contribution in [1.82, 2.24) is 24.8 Å². The minimum absolute atomic E-state index is 0.0553. The summed E-state index contributed by atoms with van der Waals surface area (Å²) in [4.78, 5) is 17.4. The first-order valence-corrected chi connectivity index (χ1v) is 10.9. The molecule has 0 atom stereocenters. The predicted molar refractivity (Wildman–Crippen MR) is 119 cm³/mol. The topological polar surface area (TPSA) is 72.7 Å². The van der Waals surface area contributed by atoms with E-state index in [2.05, 4.69) is 47.3 Å². The van der Waals surface area contributed by atoms with Crippen molar-refractivity contribution in [2.45, 2.75) is 27.3 Å². The number of benzene rings is 2. The second kappa shape index (κ2) is 8.27. The molecule has 1 amide bonds. The maximum Gasteiger partial charge on any atom is 0.276 e. The molecular weight excluding hydrogens is 406 g/mol. The number of ether oxygens (including phenoxy) is 2. The lowest BCUT2D eigenvalue weighted by Crippen LogP contribution is -2.48. The molecule has 1 aromatic heterocycles. The van der Waals surface area contributed by atoms with Crippen LogP contribution in [0, 0.1) is 20.8 Å². The molecule has 0 N–H and O–H groups in total. The van der Waals surface area contributed by atoms with Crippen LogP contribution >= 0.6 is 0 Å². The molecule has 166 valence electrons. The molecule has 3 heterocycles. The number of aryl methyl sites for hydroxylation is 2. The zero-order chi connectivity index (χ0) is 22.2. The van der Waals surface area contributed by atoms with Gasteiger partial charge in [0.05, 0.1) is 11.4 Å². The number of hydrogen-bond donors (Lipinski definition) is 0. The third kappa shape index (κ3) is 3.82. The van der Waals surface area contributed by atoms with Gasteiger partial charge in [-0.1, -0.05) is 17.3 Å². The molecule has 2 aromatic carbocycles. The first-order valence-electron chi connectivity index (χ1n) is 10.9. The SMILES string of the molecule is Cc1ccc(-n2nnc(C(=O)N3CCN(Cc4ccc5c(c4)OCO5)CC3)c2C)cc1C. The zero-order valence-electron chi connectivity index (χ0n) is 18.7. The van der Waals surface area contributed by atoms with E-state index in [4.69, 9.17) is 9.47 Å². The van der Waals surface area contributed by atoms with Crippen LogP contribution in [0.4, 0.5) is 0 Å². The fourth-order valence-electron chi connectivity index (χ4n) is 4.19. The summed E-state index contributed by atoms with van der Waals surface area (Å²) in [5, 5.41) is 8.48. The molecule has 5 rings (SSSR count). The molecule has 0 unspecified atom stereocenters. The summed E-state index contributed by atoms with van der Waals surface area (Å²) in [5.41, 5.74) is 5.70. The molecule has 32 heavy (non-hydrogen) atoms. The highest BCUT2D eigenvalue weighted by atomic mass is 16.7. The molecule has 3 aromatic rings. The highest BCUT2D eigenvalue weighted by Crippen LogP contribution is 2.32. The van der Waals surface area contributed by atoms with Gasteiger partial charge in [0.15, 0.2) is 17.2 Å².